The molecule has 3 rings (SSSR count). The van der Waals surface area contributed by atoms with Gasteiger partial charge in [-0.05, 0) is 36.8 Å². The molecule has 1 amide bonds. The van der Waals surface area contributed by atoms with Crippen LogP contribution in [0.15, 0.2) is 45.2 Å². The maximum Gasteiger partial charge on any atom is 0.425 e. The molecule has 1 fully saturated rings. The first kappa shape index (κ1) is 22.7. The summed E-state index contributed by atoms with van der Waals surface area (Å²) < 4.78 is 0.179. The van der Waals surface area contributed by atoms with Gasteiger partial charge in [-0.15, -0.1) is 0 Å². The number of carbonyl (C=O) groups is 1. The van der Waals surface area contributed by atoms with Gasteiger partial charge in [0.1, 0.15) is 6.61 Å². The molecule has 0 unspecified atom stereocenters. The van der Waals surface area contributed by atoms with Crippen molar-refractivity contribution < 1.29 is 29.2 Å². The van der Waals surface area contributed by atoms with Crippen molar-refractivity contribution in [1.29, 1.82) is 0 Å². The lowest BCUT2D eigenvalue weighted by atomic mass is 10.2. The standard InChI is InChI=1S/C17H20N2O6PS3/c1-3-18-12-8-11(9-25-24-2)4-5-13(12)28-15(18)7-6-14-16(20)19(17(27)29-14)10-26(21,22)23/h4-8,21-23H,3,9-10H2,1-2H3/q+1/b14-6+,15-7-. The summed E-state index contributed by atoms with van der Waals surface area (Å²) in [5.41, 5.74) is 2.04. The van der Waals surface area contributed by atoms with Gasteiger partial charge in [0.15, 0.2) is 4.32 Å². The van der Waals surface area contributed by atoms with E-state index in [9.17, 15) is 19.5 Å². The van der Waals surface area contributed by atoms with Gasteiger partial charge in [-0.25, -0.2) is 9.78 Å². The minimum Gasteiger partial charge on any atom is -0.335 e. The number of allylic oxidation sites excluding steroid dienone is 2. The van der Waals surface area contributed by atoms with E-state index in [4.69, 9.17) is 17.1 Å². The van der Waals surface area contributed by atoms with Crippen LogP contribution in [0.1, 0.15) is 12.5 Å². The van der Waals surface area contributed by atoms with Crippen LogP contribution in [0.5, 0.6) is 0 Å². The molecule has 1 saturated heterocycles. The zero-order valence-electron chi connectivity index (χ0n) is 15.6. The number of anilines is 1. The second-order valence-electron chi connectivity index (χ2n) is 6.05. The highest BCUT2D eigenvalue weighted by atomic mass is 32.2. The summed E-state index contributed by atoms with van der Waals surface area (Å²) in [5.74, 6) is -0.457. The van der Waals surface area contributed by atoms with Crippen molar-refractivity contribution in [3.63, 3.8) is 0 Å². The van der Waals surface area contributed by atoms with Crippen LogP contribution in [0.2, 0.25) is 0 Å². The molecule has 29 heavy (non-hydrogen) atoms. The number of thiocarbonyl (C=S) groups is 1. The number of nitrogens with zero attached hydrogens (tertiary/aromatic N) is 2. The summed E-state index contributed by atoms with van der Waals surface area (Å²) in [6.45, 7) is 3.12. The number of rotatable bonds is 7. The second-order valence-corrected chi connectivity index (χ2v) is 10.5. The third kappa shape index (κ3) is 5.38. The number of carbonyl (C=O) groups excluding carboxylic acids is 1. The molecule has 12 heteroatoms. The lowest BCUT2D eigenvalue weighted by Crippen LogP contribution is -2.30. The Balaban J connectivity index is 1.80. The van der Waals surface area contributed by atoms with Gasteiger partial charge in [0.2, 0.25) is 6.29 Å². The third-order valence-corrected chi connectivity index (χ3v) is 7.23. The van der Waals surface area contributed by atoms with Crippen LogP contribution >= 0.6 is 43.7 Å². The van der Waals surface area contributed by atoms with Crippen molar-refractivity contribution in [3.05, 3.63) is 45.8 Å². The van der Waals surface area contributed by atoms with Crippen LogP contribution in [-0.2, 0) is 21.2 Å². The molecule has 0 radical (unpaired) electrons. The van der Waals surface area contributed by atoms with E-state index in [0.29, 0.717) is 11.5 Å². The van der Waals surface area contributed by atoms with Crippen molar-refractivity contribution >= 4 is 59.6 Å². The Labute approximate surface area is 182 Å². The quantitative estimate of drug-likeness (QED) is 0.179. The number of benzene rings is 1. The lowest BCUT2D eigenvalue weighted by molar-refractivity contribution is -0.282. The van der Waals surface area contributed by atoms with Crippen molar-refractivity contribution in [3.8, 4) is 0 Å². The molecule has 1 aromatic carbocycles. The maximum absolute atomic E-state index is 12.5. The molecule has 2 heterocycles. The largest absolute Gasteiger partial charge is 0.425 e. The molecule has 3 N–H and O–H groups in total. The lowest BCUT2D eigenvalue weighted by Gasteiger charge is -2.18. The summed E-state index contributed by atoms with van der Waals surface area (Å²) in [6.07, 6.45) is 2.90. The van der Waals surface area contributed by atoms with Crippen LogP contribution in [0.25, 0.3) is 0 Å². The van der Waals surface area contributed by atoms with Gasteiger partial charge in [-0.2, -0.15) is 14.7 Å². The molecule has 0 spiro atoms. The van der Waals surface area contributed by atoms with E-state index < -0.39 is 20.1 Å². The van der Waals surface area contributed by atoms with Gasteiger partial charge < -0.3 is 4.90 Å². The van der Waals surface area contributed by atoms with Gasteiger partial charge in [0, 0.05) is 11.4 Å². The fraction of sp³-hybridized carbons (Fsp3) is 0.294. The monoisotopic (exact) mass is 475 g/mol. The molecular formula is C17H20N2O6PS3+. The normalized spacial score (nSPS) is 19.8. The van der Waals surface area contributed by atoms with Gasteiger partial charge in [0.25, 0.3) is 5.91 Å². The highest BCUT2D eigenvalue weighted by Crippen LogP contribution is 2.48. The van der Waals surface area contributed by atoms with Crippen molar-refractivity contribution in [2.24, 2.45) is 0 Å². The Morgan fingerprint density at radius 1 is 1.21 bits per heavy atom. The third-order valence-electron chi connectivity index (χ3n) is 4.04. The minimum atomic E-state index is -4.14. The van der Waals surface area contributed by atoms with Crippen LogP contribution in [0.4, 0.5) is 5.69 Å². The Morgan fingerprint density at radius 3 is 2.62 bits per heavy atom. The summed E-state index contributed by atoms with van der Waals surface area (Å²) in [6, 6.07) is 6.03. The molecule has 8 nitrogen and oxygen atoms in total. The van der Waals surface area contributed by atoms with Gasteiger partial charge in [-0.1, -0.05) is 41.8 Å². The number of fused-ring (bicyclic) bond motifs is 1. The minimum absolute atomic E-state index is 0.179. The summed E-state index contributed by atoms with van der Waals surface area (Å²) in [5, 5.41) is 0.950. The van der Waals surface area contributed by atoms with Crippen LogP contribution in [0.3, 0.4) is 0 Å². The maximum atomic E-state index is 12.5. The topological polar surface area (TPSA) is 103 Å². The summed E-state index contributed by atoms with van der Waals surface area (Å²) >= 11 is 7.76. The molecule has 0 saturated carbocycles. The predicted octanol–water partition coefficient (Wildman–Crippen LogP) is 2.98. The van der Waals surface area contributed by atoms with Crippen molar-refractivity contribution in [1.82, 2.24) is 4.90 Å². The summed E-state index contributed by atoms with van der Waals surface area (Å²) in [4.78, 5) is 54.5. The molecule has 0 aromatic heterocycles. The van der Waals surface area contributed by atoms with E-state index in [1.54, 1.807) is 17.8 Å². The fourth-order valence-electron chi connectivity index (χ4n) is 2.79. The van der Waals surface area contributed by atoms with E-state index >= 15 is 0 Å². The number of hydrogen-bond acceptors (Lipinski definition) is 10. The van der Waals surface area contributed by atoms with E-state index in [0.717, 1.165) is 44.4 Å². The molecule has 156 valence electrons. The van der Waals surface area contributed by atoms with E-state index in [1.807, 2.05) is 31.2 Å². The smallest absolute Gasteiger partial charge is 0.335 e. The molecule has 1 aromatic rings. The SMILES string of the molecule is CCN1/C(=C/C=C2/SC(=S)N(C[P+](O)(O)O)C2=O)Sc2ccc(COOC)cc21. The first-order valence-corrected chi connectivity index (χ1v) is 12.4. The van der Waals surface area contributed by atoms with Gasteiger partial charge >= 0.3 is 7.94 Å². The highest BCUT2D eigenvalue weighted by Gasteiger charge is 2.42. The Morgan fingerprint density at radius 2 is 1.97 bits per heavy atom. The molecule has 0 atom stereocenters. The van der Waals surface area contributed by atoms with Crippen molar-refractivity contribution in [2.45, 2.75) is 18.4 Å². The molecule has 2 aliphatic rings. The molecule has 0 bridgehead atoms. The number of thioether (sulfide) groups is 2. The van der Waals surface area contributed by atoms with E-state index in [2.05, 4.69) is 9.79 Å². The fourth-order valence-corrected chi connectivity index (χ4v) is 5.93. The van der Waals surface area contributed by atoms with Crippen LogP contribution < -0.4 is 4.90 Å². The Bertz CT molecular complexity index is 886. The molecule has 0 aliphatic carbocycles. The highest BCUT2D eigenvalue weighted by molar-refractivity contribution is 8.26. The van der Waals surface area contributed by atoms with E-state index in [-0.39, 0.29) is 4.32 Å². The first-order valence-electron chi connectivity index (χ1n) is 8.49. The van der Waals surface area contributed by atoms with Gasteiger partial charge in [-0.3, -0.25) is 9.69 Å². The molecule has 2 aliphatic heterocycles. The van der Waals surface area contributed by atoms with Gasteiger partial charge in [0.05, 0.1) is 22.7 Å². The Kier molecular flexibility index (Phi) is 7.36. The van der Waals surface area contributed by atoms with Crippen LogP contribution in [0, 0.1) is 0 Å². The zero-order valence-corrected chi connectivity index (χ0v) is 19.0. The summed E-state index contributed by atoms with van der Waals surface area (Å²) in [7, 11) is -2.68. The average Bonchev–Trinajstić information content (AvgIpc) is 3.14. The van der Waals surface area contributed by atoms with Crippen LogP contribution in [-0.4, -0.2) is 49.7 Å². The Hall–Kier alpha value is -1.01. The first-order chi connectivity index (χ1) is 13.7. The predicted molar refractivity (Wildman–Crippen MR) is 119 cm³/mol. The average molecular weight is 476 g/mol. The number of amides is 1. The second kappa shape index (κ2) is 9.42. The molecular weight excluding hydrogens is 455 g/mol. The zero-order chi connectivity index (χ0) is 21.2. The number of hydrogen-bond donors (Lipinski definition) is 3. The van der Waals surface area contributed by atoms with Crippen molar-refractivity contribution in [2.75, 3.05) is 24.8 Å². The van der Waals surface area contributed by atoms with E-state index in [1.165, 1.54) is 7.11 Å².